The van der Waals surface area contributed by atoms with Gasteiger partial charge in [-0.1, -0.05) is 15.9 Å². The number of thioether (sulfide) groups is 1. The van der Waals surface area contributed by atoms with Crippen molar-refractivity contribution >= 4 is 45.3 Å². The SMILES string of the molecule is O=C(COC(=O)CCSc1ccc(F)cc1)Nc1ccc(Br)cc1. The fourth-order valence-corrected chi connectivity index (χ4v) is 2.83. The summed E-state index contributed by atoms with van der Waals surface area (Å²) in [6, 6.07) is 13.1. The highest BCUT2D eigenvalue weighted by Gasteiger charge is 2.08. The maximum Gasteiger partial charge on any atom is 0.307 e. The van der Waals surface area contributed by atoms with E-state index >= 15 is 0 Å². The van der Waals surface area contributed by atoms with Crippen molar-refractivity contribution in [2.75, 3.05) is 17.7 Å². The summed E-state index contributed by atoms with van der Waals surface area (Å²) in [5, 5.41) is 2.63. The second kappa shape index (κ2) is 9.44. The zero-order valence-electron chi connectivity index (χ0n) is 12.6. The van der Waals surface area contributed by atoms with E-state index in [2.05, 4.69) is 21.2 Å². The van der Waals surface area contributed by atoms with E-state index in [0.717, 1.165) is 9.37 Å². The molecule has 2 aromatic carbocycles. The number of esters is 1. The van der Waals surface area contributed by atoms with Crippen molar-refractivity contribution in [2.24, 2.45) is 0 Å². The Morgan fingerprint density at radius 3 is 2.42 bits per heavy atom. The highest BCUT2D eigenvalue weighted by Crippen LogP contribution is 2.19. The van der Waals surface area contributed by atoms with Crippen LogP contribution in [0.2, 0.25) is 0 Å². The first kappa shape index (κ1) is 18.5. The number of halogens is 2. The molecule has 7 heteroatoms. The van der Waals surface area contributed by atoms with Crippen molar-refractivity contribution < 1.29 is 18.7 Å². The van der Waals surface area contributed by atoms with E-state index in [1.807, 2.05) is 0 Å². The minimum Gasteiger partial charge on any atom is -0.456 e. The van der Waals surface area contributed by atoms with Crippen molar-refractivity contribution in [1.82, 2.24) is 0 Å². The predicted molar refractivity (Wildman–Crippen MR) is 95.5 cm³/mol. The molecule has 0 saturated carbocycles. The Morgan fingerprint density at radius 2 is 1.75 bits per heavy atom. The zero-order valence-corrected chi connectivity index (χ0v) is 15.0. The van der Waals surface area contributed by atoms with Crippen LogP contribution in [0.3, 0.4) is 0 Å². The summed E-state index contributed by atoms with van der Waals surface area (Å²) in [6.07, 6.45) is 0.174. The molecule has 0 aliphatic rings. The lowest BCUT2D eigenvalue weighted by atomic mass is 10.3. The van der Waals surface area contributed by atoms with Crippen molar-refractivity contribution in [3.63, 3.8) is 0 Å². The molecule has 0 bridgehead atoms. The van der Waals surface area contributed by atoms with Gasteiger partial charge in [-0.25, -0.2) is 4.39 Å². The van der Waals surface area contributed by atoms with Crippen molar-refractivity contribution in [3.05, 3.63) is 58.8 Å². The number of hydrogen-bond acceptors (Lipinski definition) is 4. The van der Waals surface area contributed by atoms with Crippen molar-refractivity contribution in [2.45, 2.75) is 11.3 Å². The Hall–Kier alpha value is -1.86. The second-order valence-electron chi connectivity index (χ2n) is 4.77. The van der Waals surface area contributed by atoms with Crippen LogP contribution < -0.4 is 5.32 Å². The highest BCUT2D eigenvalue weighted by molar-refractivity contribution is 9.10. The fraction of sp³-hybridized carbons (Fsp3) is 0.176. The number of nitrogens with one attached hydrogen (secondary N) is 1. The summed E-state index contributed by atoms with van der Waals surface area (Å²) < 4.78 is 18.6. The van der Waals surface area contributed by atoms with Gasteiger partial charge in [0.25, 0.3) is 5.91 Å². The van der Waals surface area contributed by atoms with Gasteiger partial charge in [0.2, 0.25) is 0 Å². The van der Waals surface area contributed by atoms with Crippen LogP contribution in [0, 0.1) is 5.82 Å². The average molecular weight is 412 g/mol. The monoisotopic (exact) mass is 411 g/mol. The van der Waals surface area contributed by atoms with Gasteiger partial charge in [-0.05, 0) is 48.5 Å². The van der Waals surface area contributed by atoms with Gasteiger partial charge in [-0.15, -0.1) is 11.8 Å². The molecular weight excluding hydrogens is 397 g/mol. The molecule has 0 atom stereocenters. The number of ether oxygens (including phenoxy) is 1. The molecule has 2 rings (SSSR count). The maximum absolute atomic E-state index is 12.8. The Labute approximate surface area is 151 Å². The molecule has 0 radical (unpaired) electrons. The number of amides is 1. The normalized spacial score (nSPS) is 10.2. The third-order valence-electron chi connectivity index (χ3n) is 2.88. The second-order valence-corrected chi connectivity index (χ2v) is 6.85. The predicted octanol–water partition coefficient (Wildman–Crippen LogP) is 4.25. The maximum atomic E-state index is 12.8. The molecule has 0 fully saturated rings. The minimum absolute atomic E-state index is 0.174. The largest absolute Gasteiger partial charge is 0.456 e. The van der Waals surface area contributed by atoms with Crippen LogP contribution in [0.5, 0.6) is 0 Å². The van der Waals surface area contributed by atoms with E-state index in [-0.39, 0.29) is 18.8 Å². The van der Waals surface area contributed by atoms with E-state index in [1.54, 1.807) is 36.4 Å². The Balaban J connectivity index is 1.64. The lowest BCUT2D eigenvalue weighted by Gasteiger charge is -2.07. The summed E-state index contributed by atoms with van der Waals surface area (Å²) in [7, 11) is 0. The van der Waals surface area contributed by atoms with Gasteiger partial charge in [0.15, 0.2) is 6.61 Å². The molecule has 0 unspecified atom stereocenters. The van der Waals surface area contributed by atoms with Crippen LogP contribution in [0.4, 0.5) is 10.1 Å². The van der Waals surface area contributed by atoms with Gasteiger partial charge in [0.05, 0.1) is 6.42 Å². The molecule has 24 heavy (non-hydrogen) atoms. The lowest BCUT2D eigenvalue weighted by Crippen LogP contribution is -2.21. The van der Waals surface area contributed by atoms with Crippen LogP contribution in [0.1, 0.15) is 6.42 Å². The number of carbonyl (C=O) groups excluding carboxylic acids is 2. The summed E-state index contributed by atoms with van der Waals surface area (Å²) in [5.74, 6) is -0.637. The van der Waals surface area contributed by atoms with E-state index in [4.69, 9.17) is 4.74 Å². The lowest BCUT2D eigenvalue weighted by molar-refractivity contribution is -0.146. The van der Waals surface area contributed by atoms with Gasteiger partial charge in [-0.3, -0.25) is 9.59 Å². The third-order valence-corrected chi connectivity index (χ3v) is 4.42. The first-order chi connectivity index (χ1) is 11.5. The fourth-order valence-electron chi connectivity index (χ4n) is 1.73. The summed E-state index contributed by atoms with van der Waals surface area (Å²) in [5.41, 5.74) is 0.631. The molecule has 1 amide bonds. The molecule has 0 aliphatic carbocycles. The Kier molecular flexibility index (Phi) is 7.27. The molecule has 0 spiro atoms. The molecule has 4 nitrogen and oxygen atoms in total. The summed E-state index contributed by atoms with van der Waals surface area (Å²) >= 11 is 4.73. The highest BCUT2D eigenvalue weighted by atomic mass is 79.9. The van der Waals surface area contributed by atoms with E-state index in [1.165, 1.54) is 23.9 Å². The van der Waals surface area contributed by atoms with Crippen molar-refractivity contribution in [1.29, 1.82) is 0 Å². The molecule has 126 valence electrons. The number of benzene rings is 2. The smallest absolute Gasteiger partial charge is 0.307 e. The van der Waals surface area contributed by atoms with Crippen LogP contribution in [-0.4, -0.2) is 24.2 Å². The number of hydrogen-bond donors (Lipinski definition) is 1. The van der Waals surface area contributed by atoms with Gasteiger partial charge in [0, 0.05) is 20.8 Å². The van der Waals surface area contributed by atoms with Gasteiger partial charge >= 0.3 is 5.97 Å². The zero-order chi connectivity index (χ0) is 17.4. The molecule has 2 aromatic rings. The molecule has 0 heterocycles. The van der Waals surface area contributed by atoms with Crippen molar-refractivity contribution in [3.8, 4) is 0 Å². The molecule has 0 aromatic heterocycles. The van der Waals surface area contributed by atoms with Gasteiger partial charge in [-0.2, -0.15) is 0 Å². The van der Waals surface area contributed by atoms with Crippen LogP contribution in [-0.2, 0) is 14.3 Å². The summed E-state index contributed by atoms with van der Waals surface area (Å²) in [4.78, 5) is 24.2. The topological polar surface area (TPSA) is 55.4 Å². The minimum atomic E-state index is -0.449. The van der Waals surface area contributed by atoms with Gasteiger partial charge in [0.1, 0.15) is 5.82 Å². The Morgan fingerprint density at radius 1 is 1.08 bits per heavy atom. The Bertz CT molecular complexity index is 692. The summed E-state index contributed by atoms with van der Waals surface area (Å²) in [6.45, 7) is -0.323. The van der Waals surface area contributed by atoms with Crippen LogP contribution in [0.25, 0.3) is 0 Å². The van der Waals surface area contributed by atoms with Gasteiger partial charge < -0.3 is 10.1 Å². The average Bonchev–Trinajstić information content (AvgIpc) is 2.57. The third kappa shape index (κ3) is 6.72. The van der Waals surface area contributed by atoms with E-state index < -0.39 is 11.9 Å². The van der Waals surface area contributed by atoms with Crippen LogP contribution >= 0.6 is 27.7 Å². The molecule has 0 saturated heterocycles. The number of rotatable bonds is 7. The first-order valence-electron chi connectivity index (χ1n) is 7.12. The van der Waals surface area contributed by atoms with E-state index in [9.17, 15) is 14.0 Å². The molecule has 1 N–H and O–H groups in total. The van der Waals surface area contributed by atoms with E-state index in [0.29, 0.717) is 11.4 Å². The molecule has 0 aliphatic heterocycles. The van der Waals surface area contributed by atoms with Crippen LogP contribution in [0.15, 0.2) is 57.9 Å². The number of carbonyl (C=O) groups is 2. The number of anilines is 1. The standard InChI is InChI=1S/C17H15BrFNO3S/c18-12-1-5-14(6-2-12)20-16(21)11-23-17(22)9-10-24-15-7-3-13(19)4-8-15/h1-8H,9-11H2,(H,20,21). The molecular formula is C17H15BrFNO3S. The first-order valence-corrected chi connectivity index (χ1v) is 8.90. The quantitative estimate of drug-likeness (QED) is 0.546.